The normalized spacial score (nSPS) is 24.5. The Balaban J connectivity index is 2.37. The number of rotatable bonds is 5. The van der Waals surface area contributed by atoms with E-state index in [-0.39, 0.29) is 6.29 Å². The molecule has 0 saturated heterocycles. The van der Waals surface area contributed by atoms with Gasteiger partial charge in [-0.2, -0.15) is 0 Å². The van der Waals surface area contributed by atoms with Gasteiger partial charge >= 0.3 is 0 Å². The Kier molecular flexibility index (Phi) is 5.20. The second-order valence-electron chi connectivity index (χ2n) is 4.06. The lowest BCUT2D eigenvalue weighted by Gasteiger charge is -2.28. The lowest BCUT2D eigenvalue weighted by atomic mass is 9.90. The van der Waals surface area contributed by atoms with Gasteiger partial charge in [0.05, 0.1) is 0 Å². The van der Waals surface area contributed by atoms with Crippen LogP contribution in [0.4, 0.5) is 0 Å². The second-order valence-corrected chi connectivity index (χ2v) is 4.06. The quantitative estimate of drug-likeness (QED) is 0.499. The molecule has 0 aromatic heterocycles. The Labute approximate surface area is 87.3 Å². The lowest BCUT2D eigenvalue weighted by Crippen LogP contribution is -2.27. The van der Waals surface area contributed by atoms with Crippen molar-refractivity contribution in [3.05, 3.63) is 11.6 Å². The van der Waals surface area contributed by atoms with E-state index in [4.69, 9.17) is 9.47 Å². The van der Waals surface area contributed by atoms with Crippen molar-refractivity contribution >= 4 is 0 Å². The van der Waals surface area contributed by atoms with Crippen LogP contribution in [0.15, 0.2) is 11.6 Å². The van der Waals surface area contributed by atoms with E-state index >= 15 is 0 Å². The molecule has 2 unspecified atom stereocenters. The lowest BCUT2D eigenvalue weighted by molar-refractivity contribution is -0.157. The van der Waals surface area contributed by atoms with Gasteiger partial charge in [0.1, 0.15) is 0 Å². The van der Waals surface area contributed by atoms with Crippen molar-refractivity contribution in [2.24, 2.45) is 5.92 Å². The fraction of sp³-hybridized carbons (Fsp3) is 0.833. The molecule has 0 spiro atoms. The molecule has 0 heterocycles. The minimum absolute atomic E-state index is 0.000648. The molecule has 0 bridgehead atoms. The van der Waals surface area contributed by atoms with Gasteiger partial charge in [-0.25, -0.2) is 0 Å². The first kappa shape index (κ1) is 11.7. The molecule has 1 aliphatic rings. The largest absolute Gasteiger partial charge is 0.356 e. The minimum atomic E-state index is -0.000648. The van der Waals surface area contributed by atoms with E-state index in [1.165, 1.54) is 18.4 Å². The van der Waals surface area contributed by atoms with Crippen LogP contribution in [0.2, 0.25) is 0 Å². The molecule has 0 saturated carbocycles. The van der Waals surface area contributed by atoms with E-state index in [9.17, 15) is 0 Å². The van der Waals surface area contributed by atoms with Crippen LogP contribution >= 0.6 is 0 Å². The van der Waals surface area contributed by atoms with Crippen LogP contribution in [0.5, 0.6) is 0 Å². The van der Waals surface area contributed by atoms with Crippen molar-refractivity contribution in [1.29, 1.82) is 0 Å². The molecule has 82 valence electrons. The van der Waals surface area contributed by atoms with Crippen LogP contribution in [0.1, 0.15) is 39.5 Å². The second kappa shape index (κ2) is 6.20. The summed E-state index contributed by atoms with van der Waals surface area (Å²) in [4.78, 5) is 0. The number of hydrogen-bond donors (Lipinski definition) is 0. The summed E-state index contributed by atoms with van der Waals surface area (Å²) < 4.78 is 11.0. The third-order valence-corrected chi connectivity index (χ3v) is 2.78. The first-order valence-electron chi connectivity index (χ1n) is 5.58. The smallest absolute Gasteiger partial charge is 0.160 e. The Hall–Kier alpha value is -0.340. The maximum absolute atomic E-state index is 5.66. The van der Waals surface area contributed by atoms with Crippen molar-refractivity contribution in [3.63, 3.8) is 0 Å². The molecule has 0 radical (unpaired) electrons. The van der Waals surface area contributed by atoms with Crippen LogP contribution in [0, 0.1) is 5.92 Å². The molecule has 2 heteroatoms. The molecule has 0 N–H and O–H groups in total. The predicted molar refractivity (Wildman–Crippen MR) is 58.1 cm³/mol. The third kappa shape index (κ3) is 3.43. The highest BCUT2D eigenvalue weighted by Gasteiger charge is 2.22. The van der Waals surface area contributed by atoms with E-state index in [1.807, 2.05) is 0 Å². The van der Waals surface area contributed by atoms with Crippen molar-refractivity contribution in [2.45, 2.75) is 45.8 Å². The highest BCUT2D eigenvalue weighted by atomic mass is 16.7. The monoisotopic (exact) mass is 198 g/mol. The Morgan fingerprint density at radius 2 is 2.36 bits per heavy atom. The molecule has 1 aliphatic carbocycles. The van der Waals surface area contributed by atoms with Crippen LogP contribution in [0.3, 0.4) is 0 Å². The highest BCUT2D eigenvalue weighted by Crippen LogP contribution is 2.27. The average Bonchev–Trinajstić information content (AvgIpc) is 2.21. The summed E-state index contributed by atoms with van der Waals surface area (Å²) in [5.41, 5.74) is 1.51. The van der Waals surface area contributed by atoms with Crippen LogP contribution in [-0.4, -0.2) is 20.0 Å². The van der Waals surface area contributed by atoms with E-state index in [2.05, 4.69) is 19.9 Å². The molecule has 14 heavy (non-hydrogen) atoms. The molecule has 0 aromatic carbocycles. The molecule has 0 fully saturated rings. The predicted octanol–water partition coefficient (Wildman–Crippen LogP) is 3.13. The first-order valence-corrected chi connectivity index (χ1v) is 5.58. The van der Waals surface area contributed by atoms with Gasteiger partial charge < -0.3 is 9.47 Å². The number of methoxy groups -OCH3 is 1. The Bertz CT molecular complexity index is 187. The van der Waals surface area contributed by atoms with Gasteiger partial charge in [-0.05, 0) is 32.6 Å². The average molecular weight is 198 g/mol. The SMILES string of the molecule is CCCOC(OC)C1CC=C(C)CC1. The van der Waals surface area contributed by atoms with Gasteiger partial charge in [0.2, 0.25) is 0 Å². The third-order valence-electron chi connectivity index (χ3n) is 2.78. The summed E-state index contributed by atoms with van der Waals surface area (Å²) in [7, 11) is 1.74. The Morgan fingerprint density at radius 1 is 1.57 bits per heavy atom. The minimum Gasteiger partial charge on any atom is -0.356 e. The van der Waals surface area contributed by atoms with Gasteiger partial charge in [-0.3, -0.25) is 0 Å². The summed E-state index contributed by atoms with van der Waals surface area (Å²) in [5.74, 6) is 0.551. The number of allylic oxidation sites excluding steroid dienone is 2. The number of hydrogen-bond acceptors (Lipinski definition) is 2. The fourth-order valence-corrected chi connectivity index (χ4v) is 1.86. The van der Waals surface area contributed by atoms with Crippen LogP contribution in [0.25, 0.3) is 0 Å². The summed E-state index contributed by atoms with van der Waals surface area (Å²) in [6, 6.07) is 0. The van der Waals surface area contributed by atoms with Gasteiger partial charge in [0, 0.05) is 19.6 Å². The number of ether oxygens (including phenoxy) is 2. The van der Waals surface area contributed by atoms with Gasteiger partial charge in [0.25, 0.3) is 0 Å². The van der Waals surface area contributed by atoms with E-state index in [0.29, 0.717) is 5.92 Å². The highest BCUT2D eigenvalue weighted by molar-refractivity contribution is 5.03. The van der Waals surface area contributed by atoms with Crippen molar-refractivity contribution in [2.75, 3.05) is 13.7 Å². The topological polar surface area (TPSA) is 18.5 Å². The van der Waals surface area contributed by atoms with E-state index in [0.717, 1.165) is 19.4 Å². The summed E-state index contributed by atoms with van der Waals surface area (Å²) in [6.07, 6.45) is 6.87. The Morgan fingerprint density at radius 3 is 2.86 bits per heavy atom. The summed E-state index contributed by atoms with van der Waals surface area (Å²) in [6.45, 7) is 5.13. The molecule has 1 rings (SSSR count). The van der Waals surface area contributed by atoms with Gasteiger partial charge in [-0.1, -0.05) is 18.6 Å². The maximum Gasteiger partial charge on any atom is 0.160 e. The molecule has 2 atom stereocenters. The molecular weight excluding hydrogens is 176 g/mol. The van der Waals surface area contributed by atoms with Crippen LogP contribution < -0.4 is 0 Å². The van der Waals surface area contributed by atoms with Gasteiger partial charge in [0.15, 0.2) is 6.29 Å². The zero-order chi connectivity index (χ0) is 10.4. The molecule has 0 amide bonds. The molecule has 0 aliphatic heterocycles. The first-order chi connectivity index (χ1) is 6.77. The van der Waals surface area contributed by atoms with E-state index < -0.39 is 0 Å². The maximum atomic E-state index is 5.66. The van der Waals surface area contributed by atoms with E-state index in [1.54, 1.807) is 7.11 Å². The molecular formula is C12H22O2. The van der Waals surface area contributed by atoms with Crippen molar-refractivity contribution in [3.8, 4) is 0 Å². The molecule has 0 aromatic rings. The fourth-order valence-electron chi connectivity index (χ4n) is 1.86. The van der Waals surface area contributed by atoms with Gasteiger partial charge in [-0.15, -0.1) is 0 Å². The van der Waals surface area contributed by atoms with Crippen molar-refractivity contribution in [1.82, 2.24) is 0 Å². The zero-order valence-electron chi connectivity index (χ0n) is 9.58. The summed E-state index contributed by atoms with van der Waals surface area (Å²) in [5, 5.41) is 0. The summed E-state index contributed by atoms with van der Waals surface area (Å²) >= 11 is 0. The standard InChI is InChI=1S/C12H22O2/c1-4-9-14-12(13-3)11-7-5-10(2)6-8-11/h5,11-12H,4,6-9H2,1-3H3. The van der Waals surface area contributed by atoms with Crippen molar-refractivity contribution < 1.29 is 9.47 Å². The van der Waals surface area contributed by atoms with Crippen LogP contribution in [-0.2, 0) is 9.47 Å². The molecule has 2 nitrogen and oxygen atoms in total. The zero-order valence-corrected chi connectivity index (χ0v) is 9.58.